The molecule has 0 spiro atoms. The molecule has 32 heavy (non-hydrogen) atoms. The molecular formula is C26H28N2O3S. The molecule has 2 aromatic carbocycles. The maximum Gasteiger partial charge on any atom is 0.248 e. The van der Waals surface area contributed by atoms with Crippen LogP contribution >= 0.6 is 11.3 Å². The van der Waals surface area contributed by atoms with Gasteiger partial charge in [-0.3, -0.25) is 14.5 Å². The van der Waals surface area contributed by atoms with E-state index in [9.17, 15) is 9.59 Å². The van der Waals surface area contributed by atoms with E-state index in [-0.39, 0.29) is 24.3 Å². The summed E-state index contributed by atoms with van der Waals surface area (Å²) < 4.78 is 5.29. The van der Waals surface area contributed by atoms with Crippen LogP contribution in [0, 0.1) is 0 Å². The number of rotatable bonds is 8. The van der Waals surface area contributed by atoms with Gasteiger partial charge >= 0.3 is 0 Å². The molecule has 0 radical (unpaired) electrons. The van der Waals surface area contributed by atoms with Crippen molar-refractivity contribution < 1.29 is 14.3 Å². The van der Waals surface area contributed by atoms with Crippen molar-refractivity contribution in [2.24, 2.45) is 0 Å². The number of thiophene rings is 1. The molecule has 1 aliphatic carbocycles. The van der Waals surface area contributed by atoms with Crippen molar-refractivity contribution in [3.63, 3.8) is 0 Å². The zero-order chi connectivity index (χ0) is 22.3. The van der Waals surface area contributed by atoms with Gasteiger partial charge in [0.15, 0.2) is 0 Å². The second kappa shape index (κ2) is 10.5. The Bertz CT molecular complexity index is 1010. The smallest absolute Gasteiger partial charge is 0.248 e. The first-order chi connectivity index (χ1) is 15.7. The van der Waals surface area contributed by atoms with Gasteiger partial charge in [0, 0.05) is 16.6 Å². The Morgan fingerprint density at radius 2 is 1.75 bits per heavy atom. The maximum absolute atomic E-state index is 13.6. The van der Waals surface area contributed by atoms with E-state index in [1.807, 2.05) is 72.1 Å². The summed E-state index contributed by atoms with van der Waals surface area (Å²) in [5.74, 6) is 0.442. The Hall–Kier alpha value is -3.12. The third-order valence-electron chi connectivity index (χ3n) is 5.85. The van der Waals surface area contributed by atoms with Crippen molar-refractivity contribution in [1.29, 1.82) is 0 Å². The van der Waals surface area contributed by atoms with Crippen molar-refractivity contribution in [1.82, 2.24) is 5.32 Å². The van der Waals surface area contributed by atoms with Gasteiger partial charge < -0.3 is 10.1 Å². The topological polar surface area (TPSA) is 58.6 Å². The standard InChI is InChI=1S/C26H28N2O3S/c1-31-22-15-13-21(14-16-22)28(24(29)18-23-12-7-17-32-23)25(19-8-3-2-4-9-19)26(30)27-20-10-5-6-11-20/h2-4,7-9,12-17,20,25H,5-6,10-11,18H2,1H3,(H,27,30)/t25-/m0/s1. The molecule has 0 bridgehead atoms. The molecule has 2 amide bonds. The average Bonchev–Trinajstić information content (AvgIpc) is 3.52. The van der Waals surface area contributed by atoms with Crippen LogP contribution in [-0.2, 0) is 16.0 Å². The largest absolute Gasteiger partial charge is 0.497 e. The van der Waals surface area contributed by atoms with Crippen LogP contribution in [0.4, 0.5) is 5.69 Å². The van der Waals surface area contributed by atoms with Crippen LogP contribution in [0.15, 0.2) is 72.1 Å². The van der Waals surface area contributed by atoms with E-state index in [4.69, 9.17) is 4.74 Å². The summed E-state index contributed by atoms with van der Waals surface area (Å²) in [4.78, 5) is 29.9. The Morgan fingerprint density at radius 1 is 1.03 bits per heavy atom. The van der Waals surface area contributed by atoms with Gasteiger partial charge in [-0.2, -0.15) is 0 Å². The lowest BCUT2D eigenvalue weighted by atomic mass is 10.0. The first kappa shape index (κ1) is 22.1. The van der Waals surface area contributed by atoms with Crippen molar-refractivity contribution in [3.05, 3.63) is 82.6 Å². The van der Waals surface area contributed by atoms with Gasteiger partial charge in [-0.15, -0.1) is 11.3 Å². The van der Waals surface area contributed by atoms with Gasteiger partial charge in [-0.1, -0.05) is 49.2 Å². The molecule has 5 nitrogen and oxygen atoms in total. The van der Waals surface area contributed by atoms with Crippen LogP contribution in [0.25, 0.3) is 0 Å². The Kier molecular flexibility index (Phi) is 7.22. The number of benzene rings is 2. The Labute approximate surface area is 193 Å². The average molecular weight is 449 g/mol. The molecular weight excluding hydrogens is 420 g/mol. The fraction of sp³-hybridized carbons (Fsp3) is 0.308. The minimum atomic E-state index is -0.752. The van der Waals surface area contributed by atoms with Gasteiger partial charge in [0.05, 0.1) is 13.5 Å². The highest BCUT2D eigenvalue weighted by Gasteiger charge is 2.34. The fourth-order valence-electron chi connectivity index (χ4n) is 4.23. The molecule has 0 aliphatic heterocycles. The second-order valence-electron chi connectivity index (χ2n) is 8.02. The number of carbonyl (C=O) groups is 2. The van der Waals surface area contributed by atoms with Crippen molar-refractivity contribution >= 4 is 28.8 Å². The molecule has 0 saturated heterocycles. The van der Waals surface area contributed by atoms with Gasteiger partial charge in [0.25, 0.3) is 0 Å². The quantitative estimate of drug-likeness (QED) is 0.520. The number of carbonyl (C=O) groups excluding carboxylic acids is 2. The molecule has 166 valence electrons. The van der Waals surface area contributed by atoms with Crippen molar-refractivity contribution in [3.8, 4) is 5.75 Å². The molecule has 1 atom stereocenters. The molecule has 1 aliphatic rings. The highest BCUT2D eigenvalue weighted by molar-refractivity contribution is 7.10. The predicted molar refractivity (Wildman–Crippen MR) is 128 cm³/mol. The lowest BCUT2D eigenvalue weighted by Gasteiger charge is -2.32. The Morgan fingerprint density at radius 3 is 2.38 bits per heavy atom. The number of anilines is 1. The molecule has 1 heterocycles. The van der Waals surface area contributed by atoms with Crippen molar-refractivity contribution in [2.45, 2.75) is 44.2 Å². The molecule has 1 fully saturated rings. The number of methoxy groups -OCH3 is 1. The lowest BCUT2D eigenvalue weighted by Crippen LogP contribution is -2.46. The lowest BCUT2D eigenvalue weighted by molar-refractivity contribution is -0.127. The molecule has 1 N–H and O–H groups in total. The summed E-state index contributed by atoms with van der Waals surface area (Å²) in [5.41, 5.74) is 1.46. The minimum absolute atomic E-state index is 0.118. The summed E-state index contributed by atoms with van der Waals surface area (Å²) in [6, 6.07) is 20.2. The summed E-state index contributed by atoms with van der Waals surface area (Å²) in [6.45, 7) is 0. The van der Waals surface area contributed by atoms with E-state index in [0.717, 1.165) is 36.1 Å². The number of nitrogens with zero attached hydrogens (tertiary/aromatic N) is 1. The number of ether oxygens (including phenoxy) is 1. The molecule has 6 heteroatoms. The second-order valence-corrected chi connectivity index (χ2v) is 9.05. The summed E-state index contributed by atoms with van der Waals surface area (Å²) >= 11 is 1.54. The van der Waals surface area contributed by atoms with Crippen LogP contribution in [0.5, 0.6) is 5.75 Å². The highest BCUT2D eigenvalue weighted by Crippen LogP contribution is 2.31. The summed E-state index contributed by atoms with van der Waals surface area (Å²) in [5, 5.41) is 5.17. The zero-order valence-corrected chi connectivity index (χ0v) is 19.0. The van der Waals surface area contributed by atoms with Gasteiger partial charge in [-0.25, -0.2) is 0 Å². The number of nitrogens with one attached hydrogen (secondary N) is 1. The molecule has 1 saturated carbocycles. The van der Waals surface area contributed by atoms with Crippen LogP contribution in [-0.4, -0.2) is 25.0 Å². The highest BCUT2D eigenvalue weighted by atomic mass is 32.1. The van der Waals surface area contributed by atoms with Gasteiger partial charge in [0.2, 0.25) is 11.8 Å². The van der Waals surface area contributed by atoms with E-state index in [0.29, 0.717) is 11.4 Å². The maximum atomic E-state index is 13.6. The van der Waals surface area contributed by atoms with E-state index in [2.05, 4.69) is 5.32 Å². The summed E-state index contributed by atoms with van der Waals surface area (Å²) in [6.07, 6.45) is 4.46. The zero-order valence-electron chi connectivity index (χ0n) is 18.2. The van der Waals surface area contributed by atoms with E-state index in [1.165, 1.54) is 0 Å². The minimum Gasteiger partial charge on any atom is -0.497 e. The Balaban J connectivity index is 1.73. The van der Waals surface area contributed by atoms with E-state index >= 15 is 0 Å². The molecule has 4 rings (SSSR count). The van der Waals surface area contributed by atoms with E-state index in [1.54, 1.807) is 23.3 Å². The van der Waals surface area contributed by atoms with Crippen LogP contribution in [0.1, 0.15) is 42.2 Å². The number of hydrogen-bond donors (Lipinski definition) is 1. The first-order valence-electron chi connectivity index (χ1n) is 11.0. The predicted octanol–water partition coefficient (Wildman–Crippen LogP) is 5.13. The normalized spacial score (nSPS) is 14.7. The number of hydrogen-bond acceptors (Lipinski definition) is 4. The van der Waals surface area contributed by atoms with Crippen LogP contribution < -0.4 is 15.0 Å². The molecule has 3 aromatic rings. The number of amides is 2. The van der Waals surface area contributed by atoms with E-state index < -0.39 is 6.04 Å². The third kappa shape index (κ3) is 5.19. The first-order valence-corrected chi connectivity index (χ1v) is 11.9. The van der Waals surface area contributed by atoms with Crippen molar-refractivity contribution in [2.75, 3.05) is 12.0 Å². The van der Waals surface area contributed by atoms with Gasteiger partial charge in [0.1, 0.15) is 11.8 Å². The summed E-state index contributed by atoms with van der Waals surface area (Å²) in [7, 11) is 1.61. The monoisotopic (exact) mass is 448 g/mol. The van der Waals surface area contributed by atoms with Gasteiger partial charge in [-0.05, 0) is 54.1 Å². The molecule has 0 unspecified atom stereocenters. The van der Waals surface area contributed by atoms with Crippen LogP contribution in [0.3, 0.4) is 0 Å². The SMILES string of the molecule is COc1ccc(N(C(=O)Cc2cccs2)[C@H](C(=O)NC2CCCC2)c2ccccc2)cc1. The fourth-order valence-corrected chi connectivity index (χ4v) is 4.93. The molecule has 1 aromatic heterocycles. The third-order valence-corrected chi connectivity index (χ3v) is 6.72. The van der Waals surface area contributed by atoms with Crippen LogP contribution in [0.2, 0.25) is 0 Å².